The number of benzene rings is 1. The van der Waals surface area contributed by atoms with E-state index in [1.807, 2.05) is 0 Å². The fraction of sp³-hybridized carbons (Fsp3) is 0.500. The Morgan fingerprint density at radius 2 is 1.34 bits per heavy atom. The molecule has 5 amide bonds. The van der Waals surface area contributed by atoms with Gasteiger partial charge in [0.25, 0.3) is 0 Å². The van der Waals surface area contributed by atoms with Gasteiger partial charge in [0.1, 0.15) is 18.1 Å². The maximum absolute atomic E-state index is 13.3. The van der Waals surface area contributed by atoms with E-state index in [4.69, 9.17) is 22.9 Å². The van der Waals surface area contributed by atoms with E-state index >= 15 is 0 Å². The van der Waals surface area contributed by atoms with Gasteiger partial charge in [-0.1, -0.05) is 30.3 Å². The topological polar surface area (TPSA) is 263 Å². The van der Waals surface area contributed by atoms with E-state index in [9.17, 15) is 33.9 Å². The molecule has 0 saturated carbocycles. The van der Waals surface area contributed by atoms with E-state index in [1.165, 1.54) is 0 Å². The molecule has 0 aliphatic rings. The lowest BCUT2D eigenvalue weighted by Gasteiger charge is -2.25. The summed E-state index contributed by atoms with van der Waals surface area (Å²) in [6.07, 6.45) is 0.336. The highest BCUT2D eigenvalue weighted by atomic mass is 16.4. The number of amides is 5. The first kappa shape index (κ1) is 32.0. The third-order valence-electron chi connectivity index (χ3n) is 5.55. The lowest BCUT2D eigenvalue weighted by atomic mass is 10.0. The van der Waals surface area contributed by atoms with Crippen LogP contribution in [0.5, 0.6) is 0 Å². The summed E-state index contributed by atoms with van der Waals surface area (Å²) in [5.41, 5.74) is 22.2. The Balaban J connectivity index is 3.10. The van der Waals surface area contributed by atoms with Gasteiger partial charge in [-0.15, -0.1) is 0 Å². The van der Waals surface area contributed by atoms with Crippen molar-refractivity contribution in [3.63, 3.8) is 0 Å². The summed E-state index contributed by atoms with van der Waals surface area (Å²) in [4.78, 5) is 72.5. The number of primary amides is 2. The Labute approximate surface area is 220 Å². The number of carboxylic acid groups (broad SMARTS) is 1. The van der Waals surface area contributed by atoms with Crippen LogP contribution >= 0.6 is 0 Å². The van der Waals surface area contributed by atoms with Gasteiger partial charge in [-0.2, -0.15) is 0 Å². The zero-order chi connectivity index (χ0) is 28.7. The van der Waals surface area contributed by atoms with Crippen molar-refractivity contribution in [2.75, 3.05) is 6.54 Å². The van der Waals surface area contributed by atoms with Gasteiger partial charge in [0, 0.05) is 12.8 Å². The van der Waals surface area contributed by atoms with Crippen molar-refractivity contribution in [2.45, 2.75) is 69.1 Å². The predicted octanol–water partition coefficient (Wildman–Crippen LogP) is -2.63. The van der Waals surface area contributed by atoms with Crippen LogP contribution in [0.3, 0.4) is 0 Å². The molecule has 1 aromatic carbocycles. The molecule has 12 N–H and O–H groups in total. The van der Waals surface area contributed by atoms with Crippen molar-refractivity contribution in [1.82, 2.24) is 16.0 Å². The molecular weight excluding hydrogens is 498 g/mol. The number of rotatable bonds is 18. The lowest BCUT2D eigenvalue weighted by Crippen LogP contribution is -2.57. The third-order valence-corrected chi connectivity index (χ3v) is 5.55. The molecular formula is C24H37N7O7. The molecule has 1 aromatic rings. The predicted molar refractivity (Wildman–Crippen MR) is 137 cm³/mol. The third kappa shape index (κ3) is 12.3. The minimum atomic E-state index is -1.59. The first-order chi connectivity index (χ1) is 17.9. The fourth-order valence-corrected chi connectivity index (χ4v) is 3.47. The maximum atomic E-state index is 13.3. The van der Waals surface area contributed by atoms with Crippen molar-refractivity contribution in [2.24, 2.45) is 22.9 Å². The van der Waals surface area contributed by atoms with Crippen LogP contribution in [0.2, 0.25) is 0 Å². The van der Waals surface area contributed by atoms with Gasteiger partial charge >= 0.3 is 5.97 Å². The van der Waals surface area contributed by atoms with Crippen molar-refractivity contribution >= 4 is 35.5 Å². The van der Waals surface area contributed by atoms with Crippen LogP contribution in [0.15, 0.2) is 30.3 Å². The summed E-state index contributed by atoms with van der Waals surface area (Å²) in [6.45, 7) is 0.331. The summed E-state index contributed by atoms with van der Waals surface area (Å²) in [5, 5.41) is 16.6. The molecule has 1 rings (SSSR count). The van der Waals surface area contributed by atoms with E-state index in [1.54, 1.807) is 30.3 Å². The highest BCUT2D eigenvalue weighted by Crippen LogP contribution is 2.08. The fourth-order valence-electron chi connectivity index (χ4n) is 3.47. The molecule has 0 spiro atoms. The van der Waals surface area contributed by atoms with Crippen LogP contribution in [-0.2, 0) is 35.2 Å². The van der Waals surface area contributed by atoms with Gasteiger partial charge in [0.2, 0.25) is 29.5 Å². The largest absolute Gasteiger partial charge is 0.480 e. The molecule has 14 nitrogen and oxygen atoms in total. The maximum Gasteiger partial charge on any atom is 0.326 e. The molecule has 0 radical (unpaired) electrons. The first-order valence-corrected chi connectivity index (χ1v) is 12.1. The number of hydrogen-bond acceptors (Lipinski definition) is 8. The summed E-state index contributed by atoms with van der Waals surface area (Å²) in [5.74, 6) is -5.29. The summed E-state index contributed by atoms with van der Waals surface area (Å²) in [7, 11) is 0. The highest BCUT2D eigenvalue weighted by Gasteiger charge is 2.31. The Kier molecular flexibility index (Phi) is 14.0. The molecule has 210 valence electrons. The van der Waals surface area contributed by atoms with E-state index in [-0.39, 0.29) is 25.7 Å². The Hall–Kier alpha value is -4.04. The number of hydrogen-bond donors (Lipinski definition) is 8. The minimum Gasteiger partial charge on any atom is -0.480 e. The second-order valence-electron chi connectivity index (χ2n) is 8.78. The van der Waals surface area contributed by atoms with Gasteiger partial charge in [-0.05, 0) is 37.8 Å². The van der Waals surface area contributed by atoms with Crippen LogP contribution in [0, 0.1) is 0 Å². The van der Waals surface area contributed by atoms with E-state index < -0.39 is 66.1 Å². The van der Waals surface area contributed by atoms with Crippen molar-refractivity contribution in [1.29, 1.82) is 0 Å². The molecule has 14 heteroatoms. The summed E-state index contributed by atoms with van der Waals surface area (Å²) < 4.78 is 0. The van der Waals surface area contributed by atoms with Crippen molar-refractivity contribution < 1.29 is 33.9 Å². The average Bonchev–Trinajstić information content (AvgIpc) is 2.85. The standard InChI is InChI=1S/C24H37N7O7/c25-11-5-4-8-16(22(35)31-18(24(37)38)13-20(28)33)29-23(36)17(12-14-6-2-1-3-7-14)30-21(34)15(26)9-10-19(27)32/h1-3,6-7,15-18H,4-5,8-13,25-26H2,(H2,27,32)(H2,28,33)(H,29,36)(H,30,34)(H,31,35)(H,37,38). The lowest BCUT2D eigenvalue weighted by molar-refractivity contribution is -0.143. The zero-order valence-electron chi connectivity index (χ0n) is 21.1. The van der Waals surface area contributed by atoms with E-state index in [0.29, 0.717) is 24.9 Å². The number of nitrogens with two attached hydrogens (primary N) is 4. The molecule has 0 saturated heterocycles. The molecule has 4 atom stereocenters. The second kappa shape index (κ2) is 16.7. The monoisotopic (exact) mass is 535 g/mol. The Morgan fingerprint density at radius 3 is 1.89 bits per heavy atom. The van der Waals surface area contributed by atoms with Gasteiger partial charge in [0.05, 0.1) is 12.5 Å². The van der Waals surface area contributed by atoms with Crippen LogP contribution in [0.4, 0.5) is 0 Å². The molecule has 4 unspecified atom stereocenters. The van der Waals surface area contributed by atoms with Gasteiger partial charge in [-0.3, -0.25) is 24.0 Å². The van der Waals surface area contributed by atoms with Crippen LogP contribution in [-0.4, -0.2) is 71.3 Å². The van der Waals surface area contributed by atoms with Crippen molar-refractivity contribution in [3.8, 4) is 0 Å². The number of aliphatic carboxylic acids is 1. The van der Waals surface area contributed by atoms with Crippen LogP contribution in [0.1, 0.15) is 44.1 Å². The molecule has 0 heterocycles. The SMILES string of the molecule is NCCCCC(NC(=O)C(Cc1ccccc1)NC(=O)C(N)CCC(N)=O)C(=O)NC(CC(N)=O)C(=O)O. The number of carboxylic acids is 1. The van der Waals surface area contributed by atoms with E-state index in [0.717, 1.165) is 0 Å². The van der Waals surface area contributed by atoms with Gasteiger partial charge < -0.3 is 44.0 Å². The Bertz CT molecular complexity index is 974. The summed E-state index contributed by atoms with van der Waals surface area (Å²) in [6, 6.07) is 3.71. The quantitative estimate of drug-likeness (QED) is 0.0912. The number of carbonyl (C=O) groups excluding carboxylic acids is 5. The van der Waals surface area contributed by atoms with Gasteiger partial charge in [0.15, 0.2) is 0 Å². The molecule has 0 aromatic heterocycles. The van der Waals surface area contributed by atoms with E-state index in [2.05, 4.69) is 16.0 Å². The highest BCUT2D eigenvalue weighted by molar-refractivity contribution is 5.95. The number of unbranched alkanes of at least 4 members (excludes halogenated alkanes) is 1. The minimum absolute atomic E-state index is 0.0264. The zero-order valence-corrected chi connectivity index (χ0v) is 21.1. The molecule has 0 fully saturated rings. The number of carbonyl (C=O) groups is 6. The normalized spacial score (nSPS) is 13.8. The average molecular weight is 536 g/mol. The molecule has 0 aliphatic carbocycles. The molecule has 38 heavy (non-hydrogen) atoms. The van der Waals surface area contributed by atoms with Crippen LogP contribution < -0.4 is 38.9 Å². The summed E-state index contributed by atoms with van der Waals surface area (Å²) >= 11 is 0. The second-order valence-corrected chi connectivity index (χ2v) is 8.78. The first-order valence-electron chi connectivity index (χ1n) is 12.1. The van der Waals surface area contributed by atoms with Crippen LogP contribution in [0.25, 0.3) is 0 Å². The number of nitrogens with one attached hydrogen (secondary N) is 3. The Morgan fingerprint density at radius 1 is 0.763 bits per heavy atom. The van der Waals surface area contributed by atoms with Crippen molar-refractivity contribution in [3.05, 3.63) is 35.9 Å². The molecule has 0 bridgehead atoms. The van der Waals surface area contributed by atoms with Gasteiger partial charge in [-0.25, -0.2) is 4.79 Å². The smallest absolute Gasteiger partial charge is 0.326 e. The molecule has 0 aliphatic heterocycles.